The molecule has 0 aromatic heterocycles. The number of primary amides is 1. The molecule has 0 fully saturated rings. The van der Waals surface area contributed by atoms with Gasteiger partial charge in [0.15, 0.2) is 18.2 Å². The molecule has 9 nitrogen and oxygen atoms in total. The molecule has 0 saturated carbocycles. The van der Waals surface area contributed by atoms with Crippen molar-refractivity contribution >= 4 is 39.7 Å². The molecule has 3 N–H and O–H groups in total. The van der Waals surface area contributed by atoms with E-state index < -0.39 is 40.2 Å². The maximum absolute atomic E-state index is 13.8. The Morgan fingerprint density at radius 2 is 1.82 bits per heavy atom. The van der Waals surface area contributed by atoms with Gasteiger partial charge >= 0.3 is 88.7 Å². The first-order chi connectivity index (χ1) is 16.4. The van der Waals surface area contributed by atoms with E-state index in [9.17, 15) is 23.8 Å². The maximum atomic E-state index is 13.8. The number of amides is 1. The van der Waals surface area contributed by atoms with Crippen molar-refractivity contribution in [2.24, 2.45) is 16.0 Å². The van der Waals surface area contributed by atoms with Gasteiger partial charge in [-0.2, -0.15) is 0 Å². The quantitative estimate of drug-likeness (QED) is 0.316. The Morgan fingerprint density at radius 1 is 1.16 bits per heavy atom. The third-order valence-electron chi connectivity index (χ3n) is 6.26. The van der Waals surface area contributed by atoms with Gasteiger partial charge in [0, 0.05) is 11.0 Å². The molecule has 0 bridgehead atoms. The molecule has 13 heteroatoms. The Labute approximate surface area is 290 Å². The van der Waals surface area contributed by atoms with E-state index in [1.54, 1.807) is 31.2 Å². The monoisotopic (exact) mass is 565 g/mol. The maximum Gasteiger partial charge on any atom is 1.00 e. The number of nitrogens with one attached hydrogen (secondary N) is 1. The van der Waals surface area contributed by atoms with Crippen molar-refractivity contribution in [3.05, 3.63) is 59.2 Å². The number of sulfonamides is 1. The summed E-state index contributed by atoms with van der Waals surface area (Å²) in [5, 5.41) is 16.3. The fourth-order valence-corrected chi connectivity index (χ4v) is 5.47. The number of carbonyl (C=O) groups is 2. The van der Waals surface area contributed by atoms with E-state index in [-0.39, 0.29) is 116 Å². The van der Waals surface area contributed by atoms with Gasteiger partial charge in [-0.3, -0.25) is 9.59 Å². The summed E-state index contributed by atoms with van der Waals surface area (Å²) in [6.07, 6.45) is 1.24. The SMILES string of the molecule is CC(C)CCC1(C)C(=O)C(C2=NS([O-])([O-])c3cc(OCC(N)=O)ccc3N2)=C([O-])c2ccccc21.[Na+].[Na+].[Na+]. The second kappa shape index (κ2) is 14.0. The first kappa shape index (κ1) is 35.7. The van der Waals surface area contributed by atoms with Gasteiger partial charge < -0.3 is 40.8 Å². The van der Waals surface area contributed by atoms with Crippen LogP contribution in [-0.2, 0) is 15.0 Å². The van der Waals surface area contributed by atoms with Crippen molar-refractivity contribution < 1.29 is 117 Å². The smallest absolute Gasteiger partial charge is 0.871 e. The van der Waals surface area contributed by atoms with Gasteiger partial charge in [-0.1, -0.05) is 43.9 Å². The Kier molecular flexibility index (Phi) is 13.2. The summed E-state index contributed by atoms with van der Waals surface area (Å²) in [7, 11) is -4.28. The van der Waals surface area contributed by atoms with Crippen LogP contribution < -0.4 is 110 Å². The predicted molar refractivity (Wildman–Crippen MR) is 129 cm³/mol. The Bertz CT molecular complexity index is 1280. The molecule has 0 saturated heterocycles. The topological polar surface area (TPSA) is 163 Å². The number of nitrogens with two attached hydrogens (primary N) is 1. The molecule has 4 rings (SSSR count). The van der Waals surface area contributed by atoms with Crippen molar-refractivity contribution in [2.45, 2.75) is 43.9 Å². The van der Waals surface area contributed by atoms with Crippen LogP contribution in [-0.4, -0.2) is 33.2 Å². The number of rotatable bonds is 7. The van der Waals surface area contributed by atoms with Gasteiger partial charge in [0.2, 0.25) is 0 Å². The van der Waals surface area contributed by atoms with Gasteiger partial charge in [-0.25, -0.2) is 4.40 Å². The minimum absolute atomic E-state index is 0. The van der Waals surface area contributed by atoms with Crippen molar-refractivity contribution in [1.29, 1.82) is 0 Å². The third kappa shape index (κ3) is 7.10. The summed E-state index contributed by atoms with van der Waals surface area (Å²) in [5.41, 5.74) is 4.91. The van der Waals surface area contributed by atoms with Crippen LogP contribution >= 0.6 is 10.8 Å². The fraction of sp³-hybridized carbons (Fsp3) is 0.320. The molecule has 186 valence electrons. The summed E-state index contributed by atoms with van der Waals surface area (Å²) in [6.45, 7) is 5.47. The van der Waals surface area contributed by atoms with E-state index >= 15 is 0 Å². The van der Waals surface area contributed by atoms with Crippen LogP contribution in [0.2, 0.25) is 0 Å². The first-order valence-corrected chi connectivity index (χ1v) is 12.6. The van der Waals surface area contributed by atoms with Crippen molar-refractivity contribution in [1.82, 2.24) is 0 Å². The number of ether oxygens (including phenoxy) is 1. The summed E-state index contributed by atoms with van der Waals surface area (Å²) < 4.78 is 35.1. The minimum Gasteiger partial charge on any atom is -0.871 e. The molecule has 1 atom stereocenters. The van der Waals surface area contributed by atoms with E-state index in [1.807, 2.05) is 0 Å². The minimum atomic E-state index is -4.28. The normalized spacial score (nSPS) is 19.8. The zero-order valence-electron chi connectivity index (χ0n) is 22.6. The van der Waals surface area contributed by atoms with Gasteiger partial charge in [-0.05, 0) is 48.9 Å². The van der Waals surface area contributed by atoms with E-state index in [0.29, 0.717) is 23.5 Å². The number of Topliss-reactive ketones (excluding diaryl/α,β-unsaturated/α-hetero) is 1. The Hall–Kier alpha value is -0.340. The number of nitrogens with zero attached hydrogens (tertiary/aromatic N) is 1. The Balaban J connectivity index is 0.00000241. The molecule has 1 heterocycles. The molecule has 1 unspecified atom stereocenters. The zero-order chi connectivity index (χ0) is 25.5. The molecular formula is C25H26N3Na3O6S. The molecule has 2 aliphatic rings. The van der Waals surface area contributed by atoms with E-state index in [1.165, 1.54) is 18.2 Å². The number of hydrogen-bond donors (Lipinski definition) is 2. The summed E-state index contributed by atoms with van der Waals surface area (Å²) in [5.74, 6) is -1.61. The molecule has 2 aromatic rings. The average Bonchev–Trinajstić information content (AvgIpc) is 2.80. The number of benzene rings is 2. The summed E-state index contributed by atoms with van der Waals surface area (Å²) in [4.78, 5) is 24.6. The number of fused-ring (bicyclic) bond motifs is 2. The van der Waals surface area contributed by atoms with Crippen LogP contribution in [0, 0.1) is 5.92 Å². The molecule has 2 aromatic carbocycles. The number of amidine groups is 1. The largest absolute Gasteiger partial charge is 1.00 e. The molecule has 0 spiro atoms. The standard InChI is InChI=1S/C25H29N3O6S.3Na/c1-14(2)10-11-25(3)17-7-5-4-6-16(17)22(30)21(23(25)31)24-27-18-9-8-15(34-13-20(26)29)12-19(18)35(32,33)28-24;;;/h4-9,12,14,30,32-33H,10-11,13H2,1-3H3,(H2,26,29)(H,27,28);;;/q;3*+1/p-3. The van der Waals surface area contributed by atoms with Gasteiger partial charge in [0.25, 0.3) is 5.91 Å². The van der Waals surface area contributed by atoms with Crippen LogP contribution in [0.3, 0.4) is 0 Å². The fourth-order valence-electron chi connectivity index (χ4n) is 4.33. The number of ketones is 1. The second-order valence-electron chi connectivity index (χ2n) is 9.30. The molecule has 0 radical (unpaired) electrons. The molecule has 1 aliphatic heterocycles. The average molecular weight is 566 g/mol. The van der Waals surface area contributed by atoms with Gasteiger partial charge in [0.05, 0.1) is 16.7 Å². The first-order valence-electron chi connectivity index (χ1n) is 11.2. The van der Waals surface area contributed by atoms with E-state index in [0.717, 1.165) is 6.42 Å². The van der Waals surface area contributed by atoms with Crippen molar-refractivity contribution in [2.75, 3.05) is 11.9 Å². The molecule has 1 aliphatic carbocycles. The van der Waals surface area contributed by atoms with Crippen LogP contribution in [0.5, 0.6) is 5.75 Å². The number of hydrogen-bond acceptors (Lipinski definition) is 8. The predicted octanol–water partition coefficient (Wildman–Crippen LogP) is -6.23. The number of carbonyl (C=O) groups excluding carboxylic acids is 2. The van der Waals surface area contributed by atoms with Crippen molar-refractivity contribution in [3.63, 3.8) is 0 Å². The van der Waals surface area contributed by atoms with Crippen LogP contribution in [0.15, 0.2) is 57.3 Å². The molecule has 38 heavy (non-hydrogen) atoms. The van der Waals surface area contributed by atoms with Crippen LogP contribution in [0.25, 0.3) is 5.76 Å². The number of anilines is 1. The Morgan fingerprint density at radius 3 is 2.45 bits per heavy atom. The second-order valence-corrected chi connectivity index (χ2v) is 10.9. The van der Waals surface area contributed by atoms with Crippen LogP contribution in [0.1, 0.15) is 44.7 Å². The summed E-state index contributed by atoms with van der Waals surface area (Å²) in [6, 6.07) is 11.0. The summed E-state index contributed by atoms with van der Waals surface area (Å²) >= 11 is 0. The van der Waals surface area contributed by atoms with E-state index in [4.69, 9.17) is 10.5 Å². The zero-order valence-corrected chi connectivity index (χ0v) is 29.4. The van der Waals surface area contributed by atoms with Gasteiger partial charge in [-0.15, -0.1) is 0 Å². The van der Waals surface area contributed by atoms with Crippen molar-refractivity contribution in [3.8, 4) is 5.75 Å². The third-order valence-corrected chi connectivity index (χ3v) is 7.57. The van der Waals surface area contributed by atoms with Gasteiger partial charge in [0.1, 0.15) is 5.75 Å². The van der Waals surface area contributed by atoms with Crippen LogP contribution in [0.4, 0.5) is 5.69 Å². The molecular weight excluding hydrogens is 539 g/mol. The molecule has 1 amide bonds. The van der Waals surface area contributed by atoms with E-state index in [2.05, 4.69) is 23.6 Å².